The Bertz CT molecular complexity index is 533. The van der Waals surface area contributed by atoms with Crippen LogP contribution in [0.5, 0.6) is 0 Å². The van der Waals surface area contributed by atoms with Gasteiger partial charge in [-0.2, -0.15) is 0 Å². The minimum atomic E-state index is -0.0125. The molecule has 22 heavy (non-hydrogen) atoms. The summed E-state index contributed by atoms with van der Waals surface area (Å²) in [6.45, 7) is 3.71. The maximum atomic E-state index is 12.0. The largest absolute Gasteiger partial charge is 0.331 e. The van der Waals surface area contributed by atoms with Crippen molar-refractivity contribution in [3.05, 3.63) is 35.9 Å². The molecule has 0 bridgehead atoms. The maximum absolute atomic E-state index is 12.0. The highest BCUT2D eigenvalue weighted by atomic mass is 16.2. The molecule has 3 rings (SSSR count). The minimum Gasteiger partial charge on any atom is -0.331 e. The van der Waals surface area contributed by atoms with Crippen LogP contribution in [0.2, 0.25) is 0 Å². The molecule has 1 saturated carbocycles. The highest BCUT2D eigenvalue weighted by Gasteiger charge is 2.49. The molecule has 0 unspecified atom stereocenters. The van der Waals surface area contributed by atoms with Crippen molar-refractivity contribution in [2.75, 3.05) is 27.2 Å². The summed E-state index contributed by atoms with van der Waals surface area (Å²) >= 11 is 0. The fourth-order valence-electron chi connectivity index (χ4n) is 4.21. The van der Waals surface area contributed by atoms with Gasteiger partial charge in [0.05, 0.1) is 5.54 Å². The molecule has 0 aromatic heterocycles. The molecular formula is C18H27N3O. The number of rotatable bonds is 3. The van der Waals surface area contributed by atoms with Crippen molar-refractivity contribution in [1.29, 1.82) is 0 Å². The van der Waals surface area contributed by atoms with Crippen LogP contribution in [0.3, 0.4) is 0 Å². The van der Waals surface area contributed by atoms with E-state index < -0.39 is 0 Å². The first kappa shape index (κ1) is 15.3. The number of carbonyl (C=O) groups excluding carboxylic acids is 1. The van der Waals surface area contributed by atoms with Gasteiger partial charge in [-0.3, -0.25) is 4.90 Å². The molecule has 1 spiro atoms. The van der Waals surface area contributed by atoms with E-state index >= 15 is 0 Å². The quantitative estimate of drug-likeness (QED) is 0.932. The Hall–Kier alpha value is -1.55. The summed E-state index contributed by atoms with van der Waals surface area (Å²) in [5, 5.41) is 3.27. The van der Waals surface area contributed by atoms with Gasteiger partial charge < -0.3 is 10.2 Å². The van der Waals surface area contributed by atoms with Crippen molar-refractivity contribution >= 4 is 6.03 Å². The molecule has 2 aliphatic rings. The zero-order chi connectivity index (χ0) is 15.8. The molecule has 1 aromatic carbocycles. The molecule has 1 N–H and O–H groups in total. The van der Waals surface area contributed by atoms with E-state index in [1.54, 1.807) is 0 Å². The first-order chi connectivity index (χ1) is 10.5. The zero-order valence-corrected chi connectivity index (χ0v) is 13.9. The molecule has 120 valence electrons. The van der Waals surface area contributed by atoms with Crippen molar-refractivity contribution in [1.82, 2.24) is 15.1 Å². The molecule has 1 saturated heterocycles. The Labute approximate surface area is 133 Å². The fraction of sp³-hybridized carbons (Fsp3) is 0.611. The molecule has 4 heteroatoms. The fourth-order valence-corrected chi connectivity index (χ4v) is 4.21. The number of benzene rings is 1. The average molecular weight is 301 g/mol. The van der Waals surface area contributed by atoms with Crippen molar-refractivity contribution < 1.29 is 4.79 Å². The summed E-state index contributed by atoms with van der Waals surface area (Å²) in [4.78, 5) is 16.3. The van der Waals surface area contributed by atoms with E-state index in [1.807, 2.05) is 4.90 Å². The van der Waals surface area contributed by atoms with Crippen LogP contribution in [-0.2, 0) is 5.54 Å². The van der Waals surface area contributed by atoms with E-state index in [1.165, 1.54) is 5.56 Å². The lowest BCUT2D eigenvalue weighted by molar-refractivity contribution is 0.0621. The van der Waals surface area contributed by atoms with Crippen molar-refractivity contribution in [3.63, 3.8) is 0 Å². The Balaban J connectivity index is 1.81. The third-order valence-electron chi connectivity index (χ3n) is 5.74. The van der Waals surface area contributed by atoms with E-state index in [4.69, 9.17) is 0 Å². The molecule has 0 radical (unpaired) electrons. The number of urea groups is 1. The topological polar surface area (TPSA) is 35.6 Å². The van der Waals surface area contributed by atoms with E-state index in [0.29, 0.717) is 0 Å². The molecule has 2 fully saturated rings. The molecular weight excluding hydrogens is 274 g/mol. The third kappa shape index (κ3) is 2.39. The molecule has 1 aromatic rings. The summed E-state index contributed by atoms with van der Waals surface area (Å²) in [7, 11) is 4.35. The van der Waals surface area contributed by atoms with Gasteiger partial charge >= 0.3 is 6.03 Å². The number of likely N-dealkylation sites (N-methyl/N-ethyl adjacent to an activating group) is 1. The Morgan fingerprint density at radius 3 is 2.27 bits per heavy atom. The van der Waals surface area contributed by atoms with Crippen LogP contribution in [0.4, 0.5) is 4.79 Å². The number of amides is 2. The number of carbonyl (C=O) groups is 1. The summed E-state index contributed by atoms with van der Waals surface area (Å²) in [5.74, 6) is 0. The van der Waals surface area contributed by atoms with Crippen LogP contribution in [0.25, 0.3) is 0 Å². The minimum absolute atomic E-state index is 0.0125. The second kappa shape index (κ2) is 5.58. The Morgan fingerprint density at radius 1 is 1.14 bits per heavy atom. The molecule has 1 aliphatic heterocycles. The lowest BCUT2D eigenvalue weighted by atomic mass is 9.69. The maximum Gasteiger partial charge on any atom is 0.317 e. The van der Waals surface area contributed by atoms with Gasteiger partial charge in [0.15, 0.2) is 0 Å². The van der Waals surface area contributed by atoms with Crippen LogP contribution in [0, 0.1) is 0 Å². The van der Waals surface area contributed by atoms with Gasteiger partial charge in [-0.1, -0.05) is 30.3 Å². The number of nitrogens with zero attached hydrogens (tertiary/aromatic N) is 2. The summed E-state index contributed by atoms with van der Waals surface area (Å²) in [6.07, 6.45) is 4.26. The second-order valence-electron chi connectivity index (χ2n) is 7.02. The molecule has 4 nitrogen and oxygen atoms in total. The van der Waals surface area contributed by atoms with Gasteiger partial charge in [0, 0.05) is 18.6 Å². The van der Waals surface area contributed by atoms with E-state index in [0.717, 1.165) is 38.8 Å². The predicted molar refractivity (Wildman–Crippen MR) is 88.8 cm³/mol. The van der Waals surface area contributed by atoms with Crippen molar-refractivity contribution in [3.8, 4) is 0 Å². The lowest BCUT2D eigenvalue weighted by Crippen LogP contribution is -2.54. The summed E-state index contributed by atoms with van der Waals surface area (Å²) in [6, 6.07) is 10.9. The van der Waals surface area contributed by atoms with Crippen LogP contribution in [0.1, 0.15) is 38.2 Å². The molecule has 1 aliphatic carbocycles. The zero-order valence-electron chi connectivity index (χ0n) is 13.9. The van der Waals surface area contributed by atoms with Crippen molar-refractivity contribution in [2.24, 2.45) is 0 Å². The highest BCUT2D eigenvalue weighted by Crippen LogP contribution is 2.45. The van der Waals surface area contributed by atoms with Gasteiger partial charge in [0.25, 0.3) is 0 Å². The van der Waals surface area contributed by atoms with Crippen LogP contribution < -0.4 is 5.32 Å². The second-order valence-corrected chi connectivity index (χ2v) is 7.02. The van der Waals surface area contributed by atoms with Gasteiger partial charge in [0.2, 0.25) is 0 Å². The molecule has 1 heterocycles. The van der Waals surface area contributed by atoms with E-state index in [9.17, 15) is 4.79 Å². The Kier molecular flexibility index (Phi) is 3.89. The number of nitrogens with one attached hydrogen (secondary N) is 1. The highest BCUT2D eigenvalue weighted by molar-refractivity contribution is 5.78. The number of hydrogen-bond acceptors (Lipinski definition) is 2. The first-order valence-electron chi connectivity index (χ1n) is 8.31. The van der Waals surface area contributed by atoms with Gasteiger partial charge in [-0.25, -0.2) is 4.79 Å². The van der Waals surface area contributed by atoms with Crippen molar-refractivity contribution in [2.45, 2.75) is 43.7 Å². The monoisotopic (exact) mass is 301 g/mol. The van der Waals surface area contributed by atoms with Gasteiger partial charge in [-0.15, -0.1) is 0 Å². The summed E-state index contributed by atoms with van der Waals surface area (Å²) < 4.78 is 0. The van der Waals surface area contributed by atoms with E-state index in [-0.39, 0.29) is 17.1 Å². The summed E-state index contributed by atoms with van der Waals surface area (Å²) in [5.41, 5.74) is 1.48. The third-order valence-corrected chi connectivity index (χ3v) is 5.74. The smallest absolute Gasteiger partial charge is 0.317 e. The number of hydrogen-bond donors (Lipinski definition) is 1. The first-order valence-corrected chi connectivity index (χ1v) is 8.31. The van der Waals surface area contributed by atoms with Crippen LogP contribution in [-0.4, -0.2) is 48.6 Å². The van der Waals surface area contributed by atoms with Crippen LogP contribution >= 0.6 is 0 Å². The Morgan fingerprint density at radius 2 is 1.77 bits per heavy atom. The molecule has 2 amide bonds. The van der Waals surface area contributed by atoms with Gasteiger partial charge in [-0.05, 0) is 52.3 Å². The lowest BCUT2D eigenvalue weighted by Gasteiger charge is -2.48. The molecule has 0 atom stereocenters. The van der Waals surface area contributed by atoms with Gasteiger partial charge in [0.1, 0.15) is 0 Å². The van der Waals surface area contributed by atoms with Crippen LogP contribution in [0.15, 0.2) is 30.3 Å². The average Bonchev–Trinajstić information content (AvgIpc) is 2.85. The SMILES string of the molecule is CCN1CC2(CCC(c3ccccc3)(N(C)C)CC2)NC1=O. The standard InChI is InChI=1S/C18H27N3O/c1-4-21-14-17(19-16(21)22)10-12-18(13-11-17,20(2)3)15-8-6-5-7-9-15/h5-9H,4,10-14H2,1-3H3,(H,19,22). The normalized spacial score (nSPS) is 31.8. The predicted octanol–water partition coefficient (Wildman–Crippen LogP) is 2.80. The van der Waals surface area contributed by atoms with E-state index in [2.05, 4.69) is 61.6 Å².